The summed E-state index contributed by atoms with van der Waals surface area (Å²) in [7, 11) is 0. The molecule has 2 aliphatic rings. The first-order valence-corrected chi connectivity index (χ1v) is 12.3. The Bertz CT molecular complexity index is 1250. The molecule has 0 spiro atoms. The summed E-state index contributed by atoms with van der Waals surface area (Å²) < 4.78 is 14.3. The van der Waals surface area contributed by atoms with Crippen LogP contribution in [-0.4, -0.2) is 29.8 Å². The molecule has 0 atom stereocenters. The molecule has 0 aromatic heterocycles. The average Bonchev–Trinajstić information content (AvgIpc) is 2.88. The Morgan fingerprint density at radius 1 is 0.912 bits per heavy atom. The molecule has 1 fully saturated rings. The number of amides is 2. The van der Waals surface area contributed by atoms with Crippen LogP contribution in [-0.2, 0) is 11.3 Å². The number of rotatable bonds is 4. The molecular weight excluding hydrogens is 447 g/mol. The van der Waals surface area contributed by atoms with E-state index in [2.05, 4.69) is 0 Å². The minimum Gasteiger partial charge on any atom is -0.339 e. The molecule has 0 bridgehead atoms. The van der Waals surface area contributed by atoms with Crippen molar-refractivity contribution in [1.29, 1.82) is 0 Å². The lowest BCUT2D eigenvalue weighted by Gasteiger charge is -2.30. The Morgan fingerprint density at radius 3 is 2.38 bits per heavy atom. The van der Waals surface area contributed by atoms with E-state index in [0.29, 0.717) is 16.0 Å². The molecule has 3 aromatic carbocycles. The number of carbonyl (C=O) groups is 2. The van der Waals surface area contributed by atoms with Crippen molar-refractivity contribution in [2.75, 3.05) is 18.0 Å². The molecule has 2 aliphatic heterocycles. The van der Waals surface area contributed by atoms with E-state index in [1.54, 1.807) is 23.1 Å². The maximum atomic E-state index is 14.3. The zero-order valence-corrected chi connectivity index (χ0v) is 19.6. The second kappa shape index (κ2) is 9.85. The minimum atomic E-state index is -0.328. The first kappa shape index (κ1) is 22.4. The average molecular weight is 473 g/mol. The number of likely N-dealkylation sites (tertiary alicyclic amines) is 1. The summed E-state index contributed by atoms with van der Waals surface area (Å²) in [6, 6.07) is 21.6. The summed E-state index contributed by atoms with van der Waals surface area (Å²) in [4.78, 5) is 31.2. The molecule has 3 aromatic rings. The van der Waals surface area contributed by atoms with Crippen LogP contribution in [0.3, 0.4) is 0 Å². The van der Waals surface area contributed by atoms with Gasteiger partial charge in [-0.05, 0) is 61.2 Å². The molecule has 0 unspecified atom stereocenters. The van der Waals surface area contributed by atoms with Gasteiger partial charge in [0.2, 0.25) is 0 Å². The predicted octanol–water partition coefficient (Wildman–Crippen LogP) is 6.13. The van der Waals surface area contributed by atoms with E-state index in [4.69, 9.17) is 0 Å². The third-order valence-corrected chi connectivity index (χ3v) is 7.29. The van der Waals surface area contributed by atoms with Crippen LogP contribution in [0.5, 0.6) is 0 Å². The van der Waals surface area contributed by atoms with Gasteiger partial charge in [-0.2, -0.15) is 0 Å². The largest absolute Gasteiger partial charge is 0.339 e. The van der Waals surface area contributed by atoms with Crippen LogP contribution in [0.4, 0.5) is 10.1 Å². The molecule has 6 heteroatoms. The monoisotopic (exact) mass is 472 g/mol. The van der Waals surface area contributed by atoms with Gasteiger partial charge in [0.05, 0.1) is 17.1 Å². The number of nitrogens with zero attached hydrogens (tertiary/aromatic N) is 2. The van der Waals surface area contributed by atoms with Gasteiger partial charge < -0.3 is 9.80 Å². The Labute approximate surface area is 203 Å². The normalized spacial score (nSPS) is 17.1. The quantitative estimate of drug-likeness (QED) is 0.429. The number of piperidine rings is 1. The zero-order valence-electron chi connectivity index (χ0n) is 18.7. The molecule has 2 amide bonds. The second-order valence-electron chi connectivity index (χ2n) is 8.54. The van der Waals surface area contributed by atoms with Crippen molar-refractivity contribution in [3.8, 4) is 0 Å². The molecule has 172 valence electrons. The van der Waals surface area contributed by atoms with Crippen LogP contribution in [0.25, 0.3) is 6.08 Å². The van der Waals surface area contributed by atoms with Gasteiger partial charge in [0.25, 0.3) is 11.8 Å². The number of carbonyl (C=O) groups excluding carboxylic acids is 2. The van der Waals surface area contributed by atoms with Crippen molar-refractivity contribution in [2.45, 2.75) is 30.7 Å². The minimum absolute atomic E-state index is 0.0620. The van der Waals surface area contributed by atoms with Gasteiger partial charge in [0, 0.05) is 29.1 Å². The summed E-state index contributed by atoms with van der Waals surface area (Å²) in [6.45, 7) is 1.78. The summed E-state index contributed by atoms with van der Waals surface area (Å²) in [5.41, 5.74) is 2.76. The summed E-state index contributed by atoms with van der Waals surface area (Å²) in [6.07, 6.45) is 5.13. The number of benzene rings is 3. The highest BCUT2D eigenvalue weighted by atomic mass is 32.2. The number of hydrogen-bond acceptors (Lipinski definition) is 3. The first-order valence-electron chi connectivity index (χ1n) is 11.5. The number of hydrogen-bond donors (Lipinski definition) is 0. The van der Waals surface area contributed by atoms with E-state index in [0.717, 1.165) is 42.1 Å². The Kier molecular flexibility index (Phi) is 6.50. The molecular formula is C28H25FN2O2S. The van der Waals surface area contributed by atoms with Gasteiger partial charge in [0.1, 0.15) is 5.82 Å². The van der Waals surface area contributed by atoms with Crippen molar-refractivity contribution in [3.63, 3.8) is 0 Å². The lowest BCUT2D eigenvalue weighted by molar-refractivity contribution is -0.114. The molecule has 1 saturated heterocycles. The van der Waals surface area contributed by atoms with Crippen molar-refractivity contribution >= 4 is 35.3 Å². The van der Waals surface area contributed by atoms with Crippen LogP contribution in [0, 0.1) is 5.82 Å². The van der Waals surface area contributed by atoms with Crippen molar-refractivity contribution in [2.24, 2.45) is 0 Å². The predicted molar refractivity (Wildman–Crippen MR) is 134 cm³/mol. The van der Waals surface area contributed by atoms with Gasteiger partial charge in [0.15, 0.2) is 0 Å². The van der Waals surface area contributed by atoms with Crippen LogP contribution >= 0.6 is 11.8 Å². The number of para-hydroxylation sites is 1. The Morgan fingerprint density at radius 2 is 1.62 bits per heavy atom. The SMILES string of the molecule is O=C(c1ccc(C=C2Sc3ccccc3N(Cc3ccccc3F)C2=O)cc1)N1CCCCC1. The third kappa shape index (κ3) is 4.64. The fraction of sp³-hybridized carbons (Fsp3) is 0.214. The van der Waals surface area contributed by atoms with E-state index in [-0.39, 0.29) is 24.2 Å². The maximum absolute atomic E-state index is 14.3. The van der Waals surface area contributed by atoms with Gasteiger partial charge in [-0.1, -0.05) is 54.2 Å². The van der Waals surface area contributed by atoms with E-state index in [9.17, 15) is 14.0 Å². The highest BCUT2D eigenvalue weighted by molar-refractivity contribution is 8.04. The van der Waals surface area contributed by atoms with Crippen molar-refractivity contribution in [3.05, 3.63) is 100 Å². The molecule has 5 rings (SSSR count). The summed E-state index contributed by atoms with van der Waals surface area (Å²) in [5, 5.41) is 0. The van der Waals surface area contributed by atoms with Crippen LogP contribution in [0.2, 0.25) is 0 Å². The molecule has 2 heterocycles. The van der Waals surface area contributed by atoms with E-state index < -0.39 is 0 Å². The molecule has 0 radical (unpaired) electrons. The van der Waals surface area contributed by atoms with E-state index in [1.807, 2.05) is 59.5 Å². The molecule has 0 saturated carbocycles. The first-order chi connectivity index (χ1) is 16.6. The fourth-order valence-corrected chi connectivity index (χ4v) is 5.43. The van der Waals surface area contributed by atoms with Crippen LogP contribution in [0.15, 0.2) is 82.6 Å². The number of thioether (sulfide) groups is 1. The van der Waals surface area contributed by atoms with Crippen LogP contribution in [0.1, 0.15) is 40.7 Å². The molecule has 0 N–H and O–H groups in total. The van der Waals surface area contributed by atoms with E-state index in [1.165, 1.54) is 24.2 Å². The molecule has 34 heavy (non-hydrogen) atoms. The maximum Gasteiger partial charge on any atom is 0.265 e. The standard InChI is InChI=1S/C28H25FN2O2S/c29-23-9-3-2-8-22(23)19-31-24-10-4-5-11-25(24)34-26(28(31)33)18-20-12-14-21(15-13-20)27(32)30-16-6-1-7-17-30/h2-5,8-15,18H,1,6-7,16-17,19H2. The summed E-state index contributed by atoms with van der Waals surface area (Å²) >= 11 is 1.41. The Hall–Kier alpha value is -3.38. The topological polar surface area (TPSA) is 40.6 Å². The highest BCUT2D eigenvalue weighted by Gasteiger charge is 2.29. The van der Waals surface area contributed by atoms with Crippen LogP contribution < -0.4 is 4.90 Å². The molecule has 0 aliphatic carbocycles. The third-order valence-electron chi connectivity index (χ3n) is 6.22. The Balaban J connectivity index is 1.41. The lowest BCUT2D eigenvalue weighted by atomic mass is 10.1. The fourth-order valence-electron chi connectivity index (χ4n) is 4.37. The molecule has 4 nitrogen and oxygen atoms in total. The zero-order chi connectivity index (χ0) is 23.5. The number of fused-ring (bicyclic) bond motifs is 1. The highest BCUT2D eigenvalue weighted by Crippen LogP contribution is 2.42. The number of anilines is 1. The van der Waals surface area contributed by atoms with Gasteiger partial charge in [-0.3, -0.25) is 9.59 Å². The smallest absolute Gasteiger partial charge is 0.265 e. The van der Waals surface area contributed by atoms with E-state index >= 15 is 0 Å². The second-order valence-corrected chi connectivity index (χ2v) is 9.62. The van der Waals surface area contributed by atoms with Gasteiger partial charge in [-0.25, -0.2) is 4.39 Å². The van der Waals surface area contributed by atoms with Gasteiger partial charge >= 0.3 is 0 Å². The number of halogens is 1. The van der Waals surface area contributed by atoms with Gasteiger partial charge in [-0.15, -0.1) is 0 Å². The van der Waals surface area contributed by atoms with Crippen molar-refractivity contribution in [1.82, 2.24) is 4.90 Å². The lowest BCUT2D eigenvalue weighted by Crippen LogP contribution is -2.35. The van der Waals surface area contributed by atoms with Crippen molar-refractivity contribution < 1.29 is 14.0 Å². The summed E-state index contributed by atoms with van der Waals surface area (Å²) in [5.74, 6) is -0.432.